The summed E-state index contributed by atoms with van der Waals surface area (Å²) in [6.45, 7) is 3.51. The molecule has 106 valence electrons. The molecule has 5 nitrogen and oxygen atoms in total. The zero-order chi connectivity index (χ0) is 15.0. The first-order chi connectivity index (χ1) is 9.32. The van der Waals surface area contributed by atoms with Crippen LogP contribution in [0, 0.1) is 11.8 Å². The van der Waals surface area contributed by atoms with Crippen LogP contribution in [0.3, 0.4) is 0 Å². The standard InChI is InChI=1S/C13H12BrClN2O3/c1-6(2)10-11(18)16-13(20)17(12(10)19)9-4-3-7(15)5-8(9)14/h3-6,10H,1-2H3,(H,16,18,20). The summed E-state index contributed by atoms with van der Waals surface area (Å²) in [7, 11) is 0. The summed E-state index contributed by atoms with van der Waals surface area (Å²) >= 11 is 9.11. The topological polar surface area (TPSA) is 66.5 Å². The first-order valence-corrected chi connectivity index (χ1v) is 7.14. The molecule has 1 unspecified atom stereocenters. The van der Waals surface area contributed by atoms with E-state index in [9.17, 15) is 14.4 Å². The van der Waals surface area contributed by atoms with E-state index in [1.807, 2.05) is 0 Å². The van der Waals surface area contributed by atoms with Gasteiger partial charge in [0.05, 0.1) is 5.69 Å². The number of nitrogens with zero attached hydrogens (tertiary/aromatic N) is 1. The fourth-order valence-corrected chi connectivity index (χ4v) is 2.93. The van der Waals surface area contributed by atoms with Gasteiger partial charge in [0.15, 0.2) is 0 Å². The molecule has 1 fully saturated rings. The average molecular weight is 360 g/mol. The van der Waals surface area contributed by atoms with E-state index in [4.69, 9.17) is 11.6 Å². The Morgan fingerprint density at radius 2 is 1.95 bits per heavy atom. The molecule has 1 atom stereocenters. The van der Waals surface area contributed by atoms with Gasteiger partial charge in [-0.15, -0.1) is 0 Å². The Hall–Kier alpha value is -1.40. The van der Waals surface area contributed by atoms with Crippen LogP contribution in [0.15, 0.2) is 22.7 Å². The lowest BCUT2D eigenvalue weighted by Gasteiger charge is -2.32. The molecule has 0 aliphatic carbocycles. The first kappa shape index (κ1) is 15.0. The quantitative estimate of drug-likeness (QED) is 0.826. The number of carbonyl (C=O) groups excluding carboxylic acids is 3. The Balaban J connectivity index is 2.46. The second-order valence-corrected chi connectivity index (χ2v) is 6.08. The van der Waals surface area contributed by atoms with E-state index in [-0.39, 0.29) is 5.92 Å². The number of amides is 4. The molecule has 0 spiro atoms. The van der Waals surface area contributed by atoms with E-state index in [0.717, 1.165) is 4.90 Å². The predicted octanol–water partition coefficient (Wildman–Crippen LogP) is 2.96. The maximum atomic E-state index is 12.4. The molecule has 0 aromatic heterocycles. The van der Waals surface area contributed by atoms with Crippen molar-refractivity contribution < 1.29 is 14.4 Å². The minimum Gasteiger partial charge on any atom is -0.277 e. The number of benzene rings is 1. The van der Waals surface area contributed by atoms with E-state index in [1.165, 1.54) is 0 Å². The van der Waals surface area contributed by atoms with E-state index < -0.39 is 23.8 Å². The molecule has 2 rings (SSSR count). The summed E-state index contributed by atoms with van der Waals surface area (Å²) in [5.74, 6) is -2.17. The molecule has 1 aliphatic rings. The number of halogens is 2. The number of nitrogens with one attached hydrogen (secondary N) is 1. The van der Waals surface area contributed by atoms with Crippen LogP contribution in [0.1, 0.15) is 13.8 Å². The molecule has 0 radical (unpaired) electrons. The van der Waals surface area contributed by atoms with Gasteiger partial charge in [-0.25, -0.2) is 9.69 Å². The van der Waals surface area contributed by atoms with Crippen molar-refractivity contribution in [3.8, 4) is 0 Å². The summed E-state index contributed by atoms with van der Waals surface area (Å²) in [6.07, 6.45) is 0. The molecule has 4 amide bonds. The van der Waals surface area contributed by atoms with Gasteiger partial charge in [-0.05, 0) is 40.0 Å². The fourth-order valence-electron chi connectivity index (χ4n) is 2.07. The summed E-state index contributed by atoms with van der Waals surface area (Å²) in [5.41, 5.74) is 0.357. The second kappa shape index (κ2) is 5.54. The highest BCUT2D eigenvalue weighted by atomic mass is 79.9. The Labute approximate surface area is 129 Å². The van der Waals surface area contributed by atoms with Crippen LogP contribution in [0.5, 0.6) is 0 Å². The molecule has 1 aliphatic heterocycles. The van der Waals surface area contributed by atoms with Crippen molar-refractivity contribution in [1.82, 2.24) is 5.32 Å². The maximum absolute atomic E-state index is 12.4. The largest absolute Gasteiger partial charge is 0.335 e. The van der Waals surface area contributed by atoms with Gasteiger partial charge in [-0.3, -0.25) is 14.9 Å². The van der Waals surface area contributed by atoms with Gasteiger partial charge in [0.25, 0.3) is 0 Å². The van der Waals surface area contributed by atoms with E-state index in [2.05, 4.69) is 21.2 Å². The molecule has 0 bridgehead atoms. The Kier molecular flexibility index (Phi) is 4.15. The minimum atomic E-state index is -0.879. The van der Waals surface area contributed by atoms with Crippen molar-refractivity contribution >= 4 is 51.1 Å². The molecule has 20 heavy (non-hydrogen) atoms. The summed E-state index contributed by atoms with van der Waals surface area (Å²) in [4.78, 5) is 37.1. The number of hydrogen-bond acceptors (Lipinski definition) is 3. The SMILES string of the molecule is CC(C)C1C(=O)NC(=O)N(c2ccc(Cl)cc2Br)C1=O. The minimum absolute atomic E-state index is 0.204. The maximum Gasteiger partial charge on any atom is 0.335 e. The Morgan fingerprint density at radius 1 is 1.30 bits per heavy atom. The van der Waals surface area contributed by atoms with Crippen LogP contribution >= 0.6 is 27.5 Å². The van der Waals surface area contributed by atoms with Crippen LogP contribution in [0.2, 0.25) is 5.02 Å². The fraction of sp³-hybridized carbons (Fsp3) is 0.308. The molecule has 1 N–H and O–H groups in total. The normalized spacial score (nSPS) is 19.6. The van der Waals surface area contributed by atoms with Crippen molar-refractivity contribution in [2.45, 2.75) is 13.8 Å². The van der Waals surface area contributed by atoms with Gasteiger partial charge in [-0.2, -0.15) is 0 Å². The number of imide groups is 2. The lowest BCUT2D eigenvalue weighted by atomic mass is 9.92. The number of hydrogen-bond donors (Lipinski definition) is 1. The monoisotopic (exact) mass is 358 g/mol. The van der Waals surface area contributed by atoms with Gasteiger partial charge >= 0.3 is 6.03 Å². The number of rotatable bonds is 2. The molecule has 0 saturated carbocycles. The van der Waals surface area contributed by atoms with Crippen LogP contribution in [0.4, 0.5) is 10.5 Å². The molecular weight excluding hydrogens is 348 g/mol. The predicted molar refractivity (Wildman–Crippen MR) is 78.5 cm³/mol. The number of anilines is 1. The van der Waals surface area contributed by atoms with Gasteiger partial charge in [-0.1, -0.05) is 25.4 Å². The molecule has 1 aromatic carbocycles. The van der Waals surface area contributed by atoms with Crippen molar-refractivity contribution in [1.29, 1.82) is 0 Å². The van der Waals surface area contributed by atoms with Gasteiger partial charge in [0, 0.05) is 9.50 Å². The number of urea groups is 1. The van der Waals surface area contributed by atoms with Gasteiger partial charge < -0.3 is 0 Å². The van der Waals surface area contributed by atoms with Crippen molar-refractivity contribution in [2.24, 2.45) is 11.8 Å². The van der Waals surface area contributed by atoms with Crippen LogP contribution in [0.25, 0.3) is 0 Å². The molecular formula is C13H12BrClN2O3. The zero-order valence-corrected chi connectivity index (χ0v) is 13.2. The molecule has 1 heterocycles. The van der Waals surface area contributed by atoms with Crippen LogP contribution < -0.4 is 10.2 Å². The summed E-state index contributed by atoms with van der Waals surface area (Å²) < 4.78 is 0.505. The average Bonchev–Trinajstić information content (AvgIpc) is 2.30. The molecule has 1 saturated heterocycles. The highest BCUT2D eigenvalue weighted by Crippen LogP contribution is 2.32. The van der Waals surface area contributed by atoms with Crippen molar-refractivity contribution in [3.05, 3.63) is 27.7 Å². The van der Waals surface area contributed by atoms with E-state index in [0.29, 0.717) is 15.2 Å². The van der Waals surface area contributed by atoms with Gasteiger partial charge in [0.1, 0.15) is 5.92 Å². The van der Waals surface area contributed by atoms with E-state index in [1.54, 1.807) is 32.0 Å². The van der Waals surface area contributed by atoms with Gasteiger partial charge in [0.2, 0.25) is 11.8 Å². The smallest absolute Gasteiger partial charge is 0.277 e. The third-order valence-corrected chi connectivity index (χ3v) is 3.89. The third-order valence-electron chi connectivity index (χ3n) is 3.02. The number of barbiturate groups is 1. The molecule has 1 aromatic rings. The van der Waals surface area contributed by atoms with Crippen LogP contribution in [-0.2, 0) is 9.59 Å². The van der Waals surface area contributed by atoms with Crippen LogP contribution in [-0.4, -0.2) is 17.8 Å². The van der Waals surface area contributed by atoms with Crippen molar-refractivity contribution in [3.63, 3.8) is 0 Å². The lowest BCUT2D eigenvalue weighted by Crippen LogP contribution is -2.59. The number of carbonyl (C=O) groups is 3. The molecule has 7 heteroatoms. The Morgan fingerprint density at radius 3 is 2.50 bits per heavy atom. The second-order valence-electron chi connectivity index (χ2n) is 4.79. The highest BCUT2D eigenvalue weighted by Gasteiger charge is 2.43. The summed E-state index contributed by atoms with van der Waals surface area (Å²) in [6, 6.07) is 3.96. The Bertz CT molecular complexity index is 603. The van der Waals surface area contributed by atoms with Crippen molar-refractivity contribution in [2.75, 3.05) is 4.90 Å². The lowest BCUT2D eigenvalue weighted by molar-refractivity contribution is -0.136. The first-order valence-electron chi connectivity index (χ1n) is 5.96. The summed E-state index contributed by atoms with van der Waals surface area (Å²) in [5, 5.41) is 2.68. The highest BCUT2D eigenvalue weighted by molar-refractivity contribution is 9.10. The third kappa shape index (κ3) is 2.58. The van der Waals surface area contributed by atoms with E-state index >= 15 is 0 Å². The zero-order valence-electron chi connectivity index (χ0n) is 10.8.